The van der Waals surface area contributed by atoms with Crippen LogP contribution < -0.4 is 5.32 Å². The number of carbonyl (C=O) groups excluding carboxylic acids is 1. The zero-order valence-corrected chi connectivity index (χ0v) is 11.5. The van der Waals surface area contributed by atoms with Gasteiger partial charge in [0.15, 0.2) is 0 Å². The van der Waals surface area contributed by atoms with E-state index in [0.717, 1.165) is 15.7 Å². The third-order valence-corrected chi connectivity index (χ3v) is 3.00. The monoisotopic (exact) mass is 301 g/mol. The fourth-order valence-corrected chi connectivity index (χ4v) is 1.47. The smallest absolute Gasteiger partial charge is 0.250 e. The van der Waals surface area contributed by atoms with Gasteiger partial charge in [-0.05, 0) is 30.7 Å². The summed E-state index contributed by atoms with van der Waals surface area (Å²) in [5.74, 6) is -0.164. The molecule has 4 nitrogen and oxygen atoms in total. The average Bonchev–Trinajstić information content (AvgIpc) is 2.30. The number of aryl methyl sites for hydroxylation is 1. The number of hydrogen-bond donors (Lipinski definition) is 1. The second-order valence-electron chi connectivity index (χ2n) is 3.56. The number of rotatable bonds is 6. The molecule has 0 radical (unpaired) electrons. The van der Waals surface area contributed by atoms with Crippen LogP contribution in [0.15, 0.2) is 22.7 Å². The van der Waals surface area contributed by atoms with Crippen LogP contribution in [0.2, 0.25) is 0 Å². The third kappa shape index (κ3) is 5.30. The molecule has 0 aliphatic rings. The lowest BCUT2D eigenvalue weighted by Gasteiger charge is -2.07. The molecular formula is C12H16BrNO3. The molecule has 0 unspecified atom stereocenters. The molecule has 0 heterocycles. The van der Waals surface area contributed by atoms with Crippen molar-refractivity contribution in [1.29, 1.82) is 0 Å². The summed E-state index contributed by atoms with van der Waals surface area (Å²) >= 11 is 3.40. The quantitative estimate of drug-likeness (QED) is 0.821. The van der Waals surface area contributed by atoms with Crippen LogP contribution in [0, 0.1) is 6.92 Å². The molecule has 0 bridgehead atoms. The van der Waals surface area contributed by atoms with E-state index in [-0.39, 0.29) is 12.5 Å². The molecular weight excluding hydrogens is 286 g/mol. The Kier molecular flexibility index (Phi) is 6.18. The van der Waals surface area contributed by atoms with Crippen LogP contribution in [0.25, 0.3) is 0 Å². The first-order valence-electron chi connectivity index (χ1n) is 5.26. The van der Waals surface area contributed by atoms with Crippen molar-refractivity contribution in [3.63, 3.8) is 0 Å². The lowest BCUT2D eigenvalue weighted by atomic mass is 10.2. The number of benzene rings is 1. The van der Waals surface area contributed by atoms with Crippen molar-refractivity contribution in [3.8, 4) is 0 Å². The Labute approximate surface area is 109 Å². The molecule has 0 aliphatic heterocycles. The third-order valence-electron chi connectivity index (χ3n) is 2.11. The van der Waals surface area contributed by atoms with E-state index in [4.69, 9.17) is 9.47 Å². The van der Waals surface area contributed by atoms with Gasteiger partial charge in [-0.25, -0.2) is 0 Å². The van der Waals surface area contributed by atoms with Crippen molar-refractivity contribution >= 4 is 27.5 Å². The van der Waals surface area contributed by atoms with Gasteiger partial charge < -0.3 is 14.8 Å². The van der Waals surface area contributed by atoms with E-state index < -0.39 is 0 Å². The molecule has 0 spiro atoms. The zero-order valence-electron chi connectivity index (χ0n) is 9.96. The van der Waals surface area contributed by atoms with Gasteiger partial charge in [-0.1, -0.05) is 15.9 Å². The molecule has 94 valence electrons. The van der Waals surface area contributed by atoms with Crippen LogP contribution in [0.1, 0.15) is 5.56 Å². The second kappa shape index (κ2) is 7.42. The topological polar surface area (TPSA) is 47.6 Å². The van der Waals surface area contributed by atoms with E-state index in [2.05, 4.69) is 21.2 Å². The summed E-state index contributed by atoms with van der Waals surface area (Å²) in [5.41, 5.74) is 1.84. The minimum atomic E-state index is -0.164. The number of halogens is 1. The Morgan fingerprint density at radius 3 is 2.82 bits per heavy atom. The Morgan fingerprint density at radius 1 is 1.41 bits per heavy atom. The van der Waals surface area contributed by atoms with Gasteiger partial charge in [0, 0.05) is 17.3 Å². The summed E-state index contributed by atoms with van der Waals surface area (Å²) in [7, 11) is 1.59. The summed E-state index contributed by atoms with van der Waals surface area (Å²) in [5, 5.41) is 2.76. The van der Waals surface area contributed by atoms with Gasteiger partial charge >= 0.3 is 0 Å². The maximum Gasteiger partial charge on any atom is 0.250 e. The largest absolute Gasteiger partial charge is 0.382 e. The number of carbonyl (C=O) groups is 1. The first-order chi connectivity index (χ1) is 8.13. The normalized spacial score (nSPS) is 10.3. The summed E-state index contributed by atoms with van der Waals surface area (Å²) in [6.07, 6.45) is 0. The lowest BCUT2D eigenvalue weighted by Crippen LogP contribution is -2.19. The van der Waals surface area contributed by atoms with Gasteiger partial charge in [0.05, 0.1) is 13.2 Å². The fraction of sp³-hybridized carbons (Fsp3) is 0.417. The van der Waals surface area contributed by atoms with Crippen LogP contribution in [-0.2, 0) is 14.3 Å². The molecule has 0 saturated carbocycles. The van der Waals surface area contributed by atoms with Crippen LogP contribution in [0.3, 0.4) is 0 Å². The number of hydrogen-bond acceptors (Lipinski definition) is 3. The molecule has 0 atom stereocenters. The molecule has 0 aromatic heterocycles. The Bertz CT molecular complexity index is 382. The molecule has 1 aromatic rings. The highest BCUT2D eigenvalue weighted by Crippen LogP contribution is 2.19. The molecule has 1 rings (SSSR count). The molecule has 0 fully saturated rings. The number of anilines is 1. The molecule has 1 aromatic carbocycles. The van der Waals surface area contributed by atoms with E-state index >= 15 is 0 Å². The molecule has 5 heteroatoms. The van der Waals surface area contributed by atoms with Crippen LogP contribution in [0.5, 0.6) is 0 Å². The molecule has 0 aliphatic carbocycles. The van der Waals surface area contributed by atoms with E-state index in [9.17, 15) is 4.79 Å². The Balaban J connectivity index is 2.37. The van der Waals surface area contributed by atoms with Gasteiger partial charge in [0.2, 0.25) is 5.91 Å². The SMILES string of the molecule is COCCOCC(=O)Nc1ccc(Br)c(C)c1. The first kappa shape index (κ1) is 14.2. The predicted molar refractivity (Wildman–Crippen MR) is 70.2 cm³/mol. The molecule has 1 amide bonds. The number of amides is 1. The lowest BCUT2D eigenvalue weighted by molar-refractivity contribution is -0.121. The number of ether oxygens (including phenoxy) is 2. The van der Waals surface area contributed by atoms with Gasteiger partial charge in [-0.2, -0.15) is 0 Å². The maximum absolute atomic E-state index is 11.5. The van der Waals surface area contributed by atoms with E-state index in [0.29, 0.717) is 13.2 Å². The fourth-order valence-electron chi connectivity index (χ4n) is 1.23. The van der Waals surface area contributed by atoms with Crippen molar-refractivity contribution in [2.75, 3.05) is 32.2 Å². The summed E-state index contributed by atoms with van der Waals surface area (Å²) in [4.78, 5) is 11.5. The van der Waals surface area contributed by atoms with Crippen molar-refractivity contribution in [2.24, 2.45) is 0 Å². The second-order valence-corrected chi connectivity index (χ2v) is 4.41. The maximum atomic E-state index is 11.5. The number of methoxy groups -OCH3 is 1. The molecule has 0 saturated heterocycles. The summed E-state index contributed by atoms with van der Waals surface area (Å²) < 4.78 is 10.9. The van der Waals surface area contributed by atoms with Gasteiger partial charge in [0.25, 0.3) is 0 Å². The van der Waals surface area contributed by atoms with Crippen LogP contribution in [-0.4, -0.2) is 32.8 Å². The summed E-state index contributed by atoms with van der Waals surface area (Å²) in [6, 6.07) is 5.64. The van der Waals surface area contributed by atoms with Crippen LogP contribution >= 0.6 is 15.9 Å². The highest BCUT2D eigenvalue weighted by molar-refractivity contribution is 9.10. The average molecular weight is 302 g/mol. The minimum Gasteiger partial charge on any atom is -0.382 e. The van der Waals surface area contributed by atoms with Crippen molar-refractivity contribution in [1.82, 2.24) is 0 Å². The zero-order chi connectivity index (χ0) is 12.7. The van der Waals surface area contributed by atoms with Crippen LogP contribution in [0.4, 0.5) is 5.69 Å². The highest BCUT2D eigenvalue weighted by atomic mass is 79.9. The standard InChI is InChI=1S/C12H16BrNO3/c1-9-7-10(3-4-11(9)13)14-12(15)8-17-6-5-16-2/h3-4,7H,5-6,8H2,1-2H3,(H,14,15). The van der Waals surface area contributed by atoms with Crippen molar-refractivity contribution < 1.29 is 14.3 Å². The van der Waals surface area contributed by atoms with Crippen molar-refractivity contribution in [2.45, 2.75) is 6.92 Å². The molecule has 1 N–H and O–H groups in total. The van der Waals surface area contributed by atoms with Gasteiger partial charge in [0.1, 0.15) is 6.61 Å². The minimum absolute atomic E-state index is 0.0402. The van der Waals surface area contributed by atoms with Gasteiger partial charge in [-0.3, -0.25) is 4.79 Å². The molecule has 17 heavy (non-hydrogen) atoms. The Hall–Kier alpha value is -0.910. The van der Waals surface area contributed by atoms with Crippen molar-refractivity contribution in [3.05, 3.63) is 28.2 Å². The Morgan fingerprint density at radius 2 is 2.18 bits per heavy atom. The van der Waals surface area contributed by atoms with E-state index in [1.54, 1.807) is 7.11 Å². The summed E-state index contributed by atoms with van der Waals surface area (Å²) in [6.45, 7) is 2.92. The predicted octanol–water partition coefficient (Wildman–Crippen LogP) is 2.36. The van der Waals surface area contributed by atoms with E-state index in [1.165, 1.54) is 0 Å². The van der Waals surface area contributed by atoms with E-state index in [1.807, 2.05) is 25.1 Å². The van der Waals surface area contributed by atoms with Gasteiger partial charge in [-0.15, -0.1) is 0 Å². The number of nitrogens with one attached hydrogen (secondary N) is 1. The highest BCUT2D eigenvalue weighted by Gasteiger charge is 2.03. The first-order valence-corrected chi connectivity index (χ1v) is 6.05.